The fourth-order valence-electron chi connectivity index (χ4n) is 3.41. The average Bonchev–Trinajstić information content (AvgIpc) is 2.48. The molecule has 1 N–H and O–H groups in total. The van der Waals surface area contributed by atoms with E-state index >= 15 is 0 Å². The van der Waals surface area contributed by atoms with Crippen LogP contribution in [0.3, 0.4) is 0 Å². The topological polar surface area (TPSA) is 24.9 Å². The molecule has 0 radical (unpaired) electrons. The predicted molar refractivity (Wildman–Crippen MR) is 85.6 cm³/mol. The van der Waals surface area contributed by atoms with Gasteiger partial charge in [-0.25, -0.2) is 0 Å². The quantitative estimate of drug-likeness (QED) is 0.840. The van der Waals surface area contributed by atoms with E-state index in [2.05, 4.69) is 44.1 Å². The van der Waals surface area contributed by atoms with E-state index in [9.17, 15) is 0 Å². The number of pyridine rings is 1. The number of nitrogens with zero attached hydrogens (tertiary/aromatic N) is 1. The molecule has 20 heavy (non-hydrogen) atoms. The molecule has 0 saturated heterocycles. The summed E-state index contributed by atoms with van der Waals surface area (Å²) in [7, 11) is 0. The number of aromatic nitrogens is 1. The Morgan fingerprint density at radius 3 is 2.55 bits per heavy atom. The van der Waals surface area contributed by atoms with Crippen molar-refractivity contribution in [2.45, 2.75) is 71.9 Å². The summed E-state index contributed by atoms with van der Waals surface area (Å²) in [4.78, 5) is 4.21. The Morgan fingerprint density at radius 1 is 1.30 bits per heavy atom. The molecule has 1 fully saturated rings. The summed E-state index contributed by atoms with van der Waals surface area (Å²) < 4.78 is 0. The molecular weight excluding hydrogens is 244 g/mol. The van der Waals surface area contributed by atoms with Gasteiger partial charge in [0.05, 0.1) is 0 Å². The molecule has 2 heteroatoms. The van der Waals surface area contributed by atoms with Gasteiger partial charge in [-0.2, -0.15) is 0 Å². The van der Waals surface area contributed by atoms with Crippen molar-refractivity contribution in [3.05, 3.63) is 30.1 Å². The van der Waals surface area contributed by atoms with Gasteiger partial charge in [-0.05, 0) is 55.6 Å². The summed E-state index contributed by atoms with van der Waals surface area (Å²) in [6.45, 7) is 9.45. The van der Waals surface area contributed by atoms with Gasteiger partial charge in [-0.3, -0.25) is 4.98 Å². The van der Waals surface area contributed by atoms with Gasteiger partial charge in [0.2, 0.25) is 0 Å². The zero-order valence-electron chi connectivity index (χ0n) is 13.5. The number of hydrogen-bond acceptors (Lipinski definition) is 2. The van der Waals surface area contributed by atoms with E-state index in [1.165, 1.54) is 37.7 Å². The Bertz CT molecular complexity index is 391. The highest BCUT2D eigenvalue weighted by molar-refractivity contribution is 5.13. The molecule has 0 aromatic carbocycles. The lowest BCUT2D eigenvalue weighted by molar-refractivity contribution is 0.134. The molecule has 1 aliphatic rings. The Kier molecular flexibility index (Phi) is 5.20. The van der Waals surface area contributed by atoms with Crippen LogP contribution in [0.5, 0.6) is 0 Å². The molecule has 1 atom stereocenters. The normalized spacial score (nSPS) is 25.4. The minimum absolute atomic E-state index is 0.407. The van der Waals surface area contributed by atoms with Crippen LogP contribution in [0.15, 0.2) is 24.5 Å². The minimum Gasteiger partial charge on any atom is -0.307 e. The first kappa shape index (κ1) is 15.5. The second kappa shape index (κ2) is 6.71. The van der Waals surface area contributed by atoms with Crippen molar-refractivity contribution in [3.8, 4) is 0 Å². The van der Waals surface area contributed by atoms with Crippen LogP contribution in [-0.2, 0) is 0 Å². The van der Waals surface area contributed by atoms with Crippen molar-refractivity contribution in [2.75, 3.05) is 0 Å². The molecular formula is C18H30N2. The van der Waals surface area contributed by atoms with Crippen LogP contribution in [0.1, 0.15) is 71.4 Å². The monoisotopic (exact) mass is 274 g/mol. The third-order valence-electron chi connectivity index (χ3n) is 5.41. The van der Waals surface area contributed by atoms with E-state index in [-0.39, 0.29) is 0 Å². The number of hydrogen-bond donors (Lipinski definition) is 1. The van der Waals surface area contributed by atoms with Crippen LogP contribution in [0, 0.1) is 11.3 Å². The summed E-state index contributed by atoms with van der Waals surface area (Å²) in [5.41, 5.74) is 1.81. The Labute approximate surface area is 124 Å². The third kappa shape index (κ3) is 3.82. The maximum absolute atomic E-state index is 4.21. The largest absolute Gasteiger partial charge is 0.307 e. The summed E-state index contributed by atoms with van der Waals surface area (Å²) in [6, 6.07) is 5.27. The molecule has 1 aromatic rings. The fraction of sp³-hybridized carbons (Fsp3) is 0.722. The van der Waals surface area contributed by atoms with Gasteiger partial charge in [0.25, 0.3) is 0 Å². The van der Waals surface area contributed by atoms with E-state index in [4.69, 9.17) is 0 Å². The Morgan fingerprint density at radius 2 is 2.00 bits per heavy atom. The van der Waals surface area contributed by atoms with Gasteiger partial charge in [0, 0.05) is 24.5 Å². The number of nitrogens with one attached hydrogen (secondary N) is 1. The third-order valence-corrected chi connectivity index (χ3v) is 5.41. The number of rotatable bonds is 5. The lowest BCUT2D eigenvalue weighted by Crippen LogP contribution is -2.38. The van der Waals surface area contributed by atoms with Crippen LogP contribution in [0.4, 0.5) is 0 Å². The first-order valence-electron chi connectivity index (χ1n) is 8.19. The zero-order valence-corrected chi connectivity index (χ0v) is 13.5. The summed E-state index contributed by atoms with van der Waals surface area (Å²) in [5, 5.41) is 3.79. The molecule has 1 heterocycles. The first-order chi connectivity index (χ1) is 9.53. The average molecular weight is 274 g/mol. The van der Waals surface area contributed by atoms with Crippen molar-refractivity contribution in [2.24, 2.45) is 11.3 Å². The lowest BCUT2D eigenvalue weighted by atomic mass is 9.69. The molecule has 0 bridgehead atoms. The van der Waals surface area contributed by atoms with Gasteiger partial charge in [-0.1, -0.05) is 33.3 Å². The molecule has 1 saturated carbocycles. The molecule has 2 nitrogen and oxygen atoms in total. The first-order valence-corrected chi connectivity index (χ1v) is 8.19. The van der Waals surface area contributed by atoms with E-state index in [0.717, 1.165) is 5.92 Å². The summed E-state index contributed by atoms with van der Waals surface area (Å²) in [5.74, 6) is 0.902. The fourth-order valence-corrected chi connectivity index (χ4v) is 3.41. The van der Waals surface area contributed by atoms with Crippen LogP contribution < -0.4 is 5.32 Å². The summed E-state index contributed by atoms with van der Waals surface area (Å²) in [6.07, 6.45) is 10.5. The standard InChI is InChI=1S/C18H30N2/c1-5-18(3,4)16-8-10-17(11-9-16)20-14(2)15-7-6-12-19-13-15/h6-7,12-14,16-17,20H,5,8-11H2,1-4H3/t14-,16?,17?/m0/s1. The summed E-state index contributed by atoms with van der Waals surface area (Å²) >= 11 is 0. The van der Waals surface area contributed by atoms with Crippen LogP contribution >= 0.6 is 0 Å². The Hall–Kier alpha value is -0.890. The molecule has 1 aliphatic carbocycles. The maximum atomic E-state index is 4.21. The van der Waals surface area contributed by atoms with Gasteiger partial charge >= 0.3 is 0 Å². The molecule has 0 unspecified atom stereocenters. The second-order valence-electron chi connectivity index (χ2n) is 7.07. The zero-order chi connectivity index (χ0) is 14.6. The highest BCUT2D eigenvalue weighted by atomic mass is 14.9. The van der Waals surface area contributed by atoms with Crippen LogP contribution in [0.2, 0.25) is 0 Å². The molecule has 0 amide bonds. The Balaban J connectivity index is 1.83. The molecule has 2 rings (SSSR count). The smallest absolute Gasteiger partial charge is 0.0315 e. The van der Waals surface area contributed by atoms with E-state index in [1.807, 2.05) is 18.5 Å². The van der Waals surface area contributed by atoms with Gasteiger partial charge < -0.3 is 5.32 Å². The predicted octanol–water partition coefficient (Wildman–Crippen LogP) is 4.73. The second-order valence-corrected chi connectivity index (χ2v) is 7.07. The van der Waals surface area contributed by atoms with Crippen molar-refractivity contribution < 1.29 is 0 Å². The van der Waals surface area contributed by atoms with Crippen LogP contribution in [-0.4, -0.2) is 11.0 Å². The van der Waals surface area contributed by atoms with Crippen LogP contribution in [0.25, 0.3) is 0 Å². The van der Waals surface area contributed by atoms with Crippen molar-refractivity contribution in [1.29, 1.82) is 0 Å². The van der Waals surface area contributed by atoms with Gasteiger partial charge in [-0.15, -0.1) is 0 Å². The highest BCUT2D eigenvalue weighted by Gasteiger charge is 2.32. The SMILES string of the molecule is CCC(C)(C)C1CCC(N[C@@H](C)c2cccnc2)CC1. The van der Waals surface area contributed by atoms with Gasteiger partial charge in [0.1, 0.15) is 0 Å². The van der Waals surface area contributed by atoms with E-state index < -0.39 is 0 Å². The lowest BCUT2D eigenvalue weighted by Gasteiger charge is -2.39. The van der Waals surface area contributed by atoms with Gasteiger partial charge in [0.15, 0.2) is 0 Å². The molecule has 0 spiro atoms. The van der Waals surface area contributed by atoms with Crippen molar-refractivity contribution >= 4 is 0 Å². The molecule has 0 aliphatic heterocycles. The highest BCUT2D eigenvalue weighted by Crippen LogP contribution is 2.40. The minimum atomic E-state index is 0.407. The van der Waals surface area contributed by atoms with E-state index in [1.54, 1.807) is 0 Å². The molecule has 112 valence electrons. The molecule has 1 aromatic heterocycles. The van der Waals surface area contributed by atoms with E-state index in [0.29, 0.717) is 17.5 Å². The van der Waals surface area contributed by atoms with Crippen molar-refractivity contribution in [1.82, 2.24) is 10.3 Å². The maximum Gasteiger partial charge on any atom is 0.0315 e. The van der Waals surface area contributed by atoms with Crippen molar-refractivity contribution in [3.63, 3.8) is 0 Å².